The minimum atomic E-state index is -0.510. The average Bonchev–Trinajstić information content (AvgIpc) is 2.69. The molecule has 0 saturated heterocycles. The lowest BCUT2D eigenvalue weighted by Crippen LogP contribution is -2.15. The molecular weight excluding hydrogens is 220 g/mol. The number of primary amides is 1. The van der Waals surface area contributed by atoms with Crippen molar-refractivity contribution in [3.8, 4) is 0 Å². The van der Waals surface area contributed by atoms with E-state index >= 15 is 0 Å². The third-order valence-electron chi connectivity index (χ3n) is 2.42. The number of aryl methyl sites for hydroxylation is 1. The van der Waals surface area contributed by atoms with E-state index in [1.54, 1.807) is 4.68 Å². The van der Waals surface area contributed by atoms with Gasteiger partial charge in [0.05, 0.1) is 5.69 Å². The van der Waals surface area contributed by atoms with Crippen LogP contribution in [0.5, 0.6) is 0 Å². The van der Waals surface area contributed by atoms with Crippen molar-refractivity contribution in [1.29, 1.82) is 0 Å². The van der Waals surface area contributed by atoms with Crippen LogP contribution >= 0.6 is 0 Å². The molecule has 1 aromatic rings. The molecule has 0 aliphatic heterocycles. The summed E-state index contributed by atoms with van der Waals surface area (Å²) in [6.45, 7) is 6.11. The summed E-state index contributed by atoms with van der Waals surface area (Å²) in [5.74, 6) is -0.510. The molecule has 0 fully saturated rings. The van der Waals surface area contributed by atoms with Crippen molar-refractivity contribution >= 4 is 5.91 Å². The fourth-order valence-electron chi connectivity index (χ4n) is 1.65. The maximum atomic E-state index is 11.2. The number of nitrogens with zero attached hydrogens (tertiary/aromatic N) is 3. The van der Waals surface area contributed by atoms with Crippen molar-refractivity contribution in [3.63, 3.8) is 0 Å². The van der Waals surface area contributed by atoms with Crippen LogP contribution in [0.15, 0.2) is 0 Å². The molecule has 0 atom stereocenters. The molecule has 17 heavy (non-hydrogen) atoms. The number of hydrogen-bond acceptors (Lipinski definition) is 4. The van der Waals surface area contributed by atoms with Crippen molar-refractivity contribution in [2.75, 3.05) is 13.2 Å². The maximum absolute atomic E-state index is 11.2. The molecular formula is C11H20N4O2. The SMILES string of the molecule is CCCc1c(C(N)=O)nnn1CCCOCC. The summed E-state index contributed by atoms with van der Waals surface area (Å²) in [5, 5.41) is 7.79. The molecule has 96 valence electrons. The Bertz CT molecular complexity index is 362. The largest absolute Gasteiger partial charge is 0.382 e. The molecule has 1 heterocycles. The normalized spacial score (nSPS) is 10.7. The minimum absolute atomic E-state index is 0.295. The van der Waals surface area contributed by atoms with E-state index in [0.717, 1.165) is 25.0 Å². The molecule has 2 N–H and O–H groups in total. The van der Waals surface area contributed by atoms with Crippen molar-refractivity contribution in [2.24, 2.45) is 5.73 Å². The smallest absolute Gasteiger partial charge is 0.271 e. The monoisotopic (exact) mass is 240 g/mol. The van der Waals surface area contributed by atoms with Gasteiger partial charge in [0.15, 0.2) is 5.69 Å². The van der Waals surface area contributed by atoms with E-state index in [1.807, 2.05) is 13.8 Å². The Kier molecular flexibility index (Phi) is 5.62. The molecule has 1 amide bonds. The molecule has 0 radical (unpaired) electrons. The molecule has 6 nitrogen and oxygen atoms in total. The summed E-state index contributed by atoms with van der Waals surface area (Å²) in [6.07, 6.45) is 2.55. The highest BCUT2D eigenvalue weighted by Gasteiger charge is 2.15. The standard InChI is InChI=1S/C11H20N4O2/c1-3-6-9-10(11(12)16)13-14-15(9)7-5-8-17-4-2/h3-8H2,1-2H3,(H2,12,16). The maximum Gasteiger partial charge on any atom is 0.271 e. The average molecular weight is 240 g/mol. The molecule has 0 unspecified atom stereocenters. The van der Waals surface area contributed by atoms with E-state index in [-0.39, 0.29) is 0 Å². The van der Waals surface area contributed by atoms with E-state index in [2.05, 4.69) is 10.3 Å². The Morgan fingerprint density at radius 3 is 2.82 bits per heavy atom. The van der Waals surface area contributed by atoms with Gasteiger partial charge in [0.1, 0.15) is 0 Å². The highest BCUT2D eigenvalue weighted by Crippen LogP contribution is 2.08. The summed E-state index contributed by atoms with van der Waals surface area (Å²) in [4.78, 5) is 11.2. The van der Waals surface area contributed by atoms with E-state index in [9.17, 15) is 4.79 Å². The highest BCUT2D eigenvalue weighted by molar-refractivity contribution is 5.91. The van der Waals surface area contributed by atoms with Gasteiger partial charge >= 0.3 is 0 Å². The first-order valence-electron chi connectivity index (χ1n) is 6.00. The lowest BCUT2D eigenvalue weighted by atomic mass is 10.2. The summed E-state index contributed by atoms with van der Waals surface area (Å²) in [5.41, 5.74) is 6.38. The summed E-state index contributed by atoms with van der Waals surface area (Å²) >= 11 is 0. The van der Waals surface area contributed by atoms with E-state index in [1.165, 1.54) is 0 Å². The first kappa shape index (κ1) is 13.6. The third-order valence-corrected chi connectivity index (χ3v) is 2.42. The first-order chi connectivity index (χ1) is 8.20. The van der Waals surface area contributed by atoms with E-state index < -0.39 is 5.91 Å². The van der Waals surface area contributed by atoms with Gasteiger partial charge in [-0.2, -0.15) is 0 Å². The van der Waals surface area contributed by atoms with Gasteiger partial charge < -0.3 is 10.5 Å². The number of amides is 1. The topological polar surface area (TPSA) is 83.0 Å². The second-order valence-electron chi connectivity index (χ2n) is 3.77. The highest BCUT2D eigenvalue weighted by atomic mass is 16.5. The van der Waals surface area contributed by atoms with Crippen LogP contribution in [-0.4, -0.2) is 34.1 Å². The summed E-state index contributed by atoms with van der Waals surface area (Å²) in [7, 11) is 0. The Labute approximate surface area is 101 Å². The van der Waals surface area contributed by atoms with Gasteiger partial charge in [-0.15, -0.1) is 5.10 Å². The van der Waals surface area contributed by atoms with E-state index in [0.29, 0.717) is 25.5 Å². The van der Waals surface area contributed by atoms with Crippen LogP contribution in [0.4, 0.5) is 0 Å². The van der Waals surface area contributed by atoms with Crippen molar-refractivity contribution in [2.45, 2.75) is 39.7 Å². The molecule has 0 bridgehead atoms. The first-order valence-corrected chi connectivity index (χ1v) is 6.00. The number of carbonyl (C=O) groups is 1. The molecule has 0 aliphatic carbocycles. The quantitative estimate of drug-likeness (QED) is 0.680. The zero-order chi connectivity index (χ0) is 12.7. The fraction of sp³-hybridized carbons (Fsp3) is 0.727. The van der Waals surface area contributed by atoms with E-state index in [4.69, 9.17) is 10.5 Å². The zero-order valence-electron chi connectivity index (χ0n) is 10.5. The van der Waals surface area contributed by atoms with Gasteiger partial charge in [0.2, 0.25) is 0 Å². The number of aromatic nitrogens is 3. The van der Waals surface area contributed by atoms with Crippen molar-refractivity contribution in [1.82, 2.24) is 15.0 Å². The molecule has 0 spiro atoms. The second kappa shape index (κ2) is 7.01. The predicted molar refractivity (Wildman–Crippen MR) is 63.6 cm³/mol. The number of rotatable bonds is 8. The molecule has 1 rings (SSSR count). The molecule has 6 heteroatoms. The lowest BCUT2D eigenvalue weighted by molar-refractivity contribution is 0.0994. The van der Waals surface area contributed by atoms with Crippen LogP contribution in [-0.2, 0) is 17.7 Å². The summed E-state index contributed by atoms with van der Waals surface area (Å²) in [6, 6.07) is 0. The summed E-state index contributed by atoms with van der Waals surface area (Å²) < 4.78 is 7.01. The van der Waals surface area contributed by atoms with Crippen LogP contribution in [0.3, 0.4) is 0 Å². The van der Waals surface area contributed by atoms with Crippen LogP contribution in [0.2, 0.25) is 0 Å². The van der Waals surface area contributed by atoms with Gasteiger partial charge in [0, 0.05) is 19.8 Å². The number of carbonyl (C=O) groups excluding carboxylic acids is 1. The lowest BCUT2D eigenvalue weighted by Gasteiger charge is -2.06. The number of nitrogens with two attached hydrogens (primary N) is 1. The molecule has 1 aromatic heterocycles. The predicted octanol–water partition coefficient (Wildman–Crippen LogP) is 0.756. The van der Waals surface area contributed by atoms with Gasteiger partial charge in [-0.3, -0.25) is 4.79 Å². The molecule has 0 aromatic carbocycles. The van der Waals surface area contributed by atoms with Gasteiger partial charge in [-0.05, 0) is 19.8 Å². The zero-order valence-corrected chi connectivity index (χ0v) is 10.5. The number of ether oxygens (including phenoxy) is 1. The van der Waals surface area contributed by atoms with Crippen LogP contribution in [0, 0.1) is 0 Å². The Morgan fingerprint density at radius 2 is 2.24 bits per heavy atom. The molecule has 0 saturated carbocycles. The van der Waals surface area contributed by atoms with Gasteiger partial charge in [-0.1, -0.05) is 18.6 Å². The number of hydrogen-bond donors (Lipinski definition) is 1. The Morgan fingerprint density at radius 1 is 1.47 bits per heavy atom. The Hall–Kier alpha value is -1.43. The van der Waals surface area contributed by atoms with Crippen molar-refractivity contribution in [3.05, 3.63) is 11.4 Å². The second-order valence-corrected chi connectivity index (χ2v) is 3.77. The third kappa shape index (κ3) is 3.81. The Balaban J connectivity index is 2.67. The molecule has 0 aliphatic rings. The minimum Gasteiger partial charge on any atom is -0.382 e. The van der Waals surface area contributed by atoms with Crippen LogP contribution in [0.1, 0.15) is 42.9 Å². The van der Waals surface area contributed by atoms with Gasteiger partial charge in [-0.25, -0.2) is 4.68 Å². The van der Waals surface area contributed by atoms with Crippen molar-refractivity contribution < 1.29 is 9.53 Å². The fourth-order valence-corrected chi connectivity index (χ4v) is 1.65. The van der Waals surface area contributed by atoms with Gasteiger partial charge in [0.25, 0.3) is 5.91 Å². The van der Waals surface area contributed by atoms with Crippen LogP contribution < -0.4 is 5.73 Å². The van der Waals surface area contributed by atoms with Crippen LogP contribution in [0.25, 0.3) is 0 Å².